The highest BCUT2D eigenvalue weighted by molar-refractivity contribution is 9.10. The third-order valence-corrected chi connectivity index (χ3v) is 4.62. The first-order valence-corrected chi connectivity index (χ1v) is 8.64. The van der Waals surface area contributed by atoms with Gasteiger partial charge in [-0.3, -0.25) is 9.69 Å². The number of carbonyl (C=O) groups excluding carboxylic acids is 2. The van der Waals surface area contributed by atoms with Gasteiger partial charge >= 0.3 is 6.03 Å². The molecule has 2 aromatic carbocycles. The van der Waals surface area contributed by atoms with Crippen molar-refractivity contribution in [3.05, 3.63) is 58.7 Å². The molecule has 1 aliphatic rings. The molecular formula is C18H15BrN4O2. The van der Waals surface area contributed by atoms with E-state index in [1.807, 2.05) is 36.4 Å². The van der Waals surface area contributed by atoms with Crippen LogP contribution in [0.2, 0.25) is 0 Å². The summed E-state index contributed by atoms with van der Waals surface area (Å²) in [7, 11) is 0. The van der Waals surface area contributed by atoms with Gasteiger partial charge in [-0.05, 0) is 42.5 Å². The highest BCUT2D eigenvalue weighted by atomic mass is 79.9. The molecule has 1 aromatic heterocycles. The number of H-pyrrole nitrogens is 1. The normalized spacial score (nSPS) is 14.0. The molecule has 0 radical (unpaired) electrons. The molecule has 0 saturated carbocycles. The first kappa shape index (κ1) is 15.7. The van der Waals surface area contributed by atoms with Gasteiger partial charge < -0.3 is 15.6 Å². The van der Waals surface area contributed by atoms with E-state index in [2.05, 4.69) is 31.5 Å². The molecule has 25 heavy (non-hydrogen) atoms. The molecular weight excluding hydrogens is 384 g/mol. The lowest BCUT2D eigenvalue weighted by molar-refractivity contribution is 0.102. The predicted octanol–water partition coefficient (Wildman–Crippen LogP) is 3.71. The second kappa shape index (κ2) is 6.25. The second-order valence-corrected chi connectivity index (χ2v) is 6.71. The number of aromatic nitrogens is 1. The standard InChI is InChI=1S/C18H15BrN4O2/c19-12-2-1-11-9-16(22-15(11)10-12)17(24)21-13-3-5-14(6-4-13)23-8-7-20-18(23)25/h1-6,9-10,22H,7-8H2,(H,20,25)(H,21,24). The van der Waals surface area contributed by atoms with Gasteiger partial charge in [-0.25, -0.2) is 4.79 Å². The molecule has 3 N–H and O–H groups in total. The summed E-state index contributed by atoms with van der Waals surface area (Å²) < 4.78 is 0.954. The van der Waals surface area contributed by atoms with E-state index >= 15 is 0 Å². The van der Waals surface area contributed by atoms with Crippen molar-refractivity contribution >= 4 is 50.1 Å². The number of nitrogens with zero attached hydrogens (tertiary/aromatic N) is 1. The quantitative estimate of drug-likeness (QED) is 0.628. The van der Waals surface area contributed by atoms with Gasteiger partial charge in [0.15, 0.2) is 0 Å². The molecule has 6 nitrogen and oxygen atoms in total. The number of amides is 3. The summed E-state index contributed by atoms with van der Waals surface area (Å²) in [6.45, 7) is 1.29. The van der Waals surface area contributed by atoms with E-state index in [0.717, 1.165) is 21.1 Å². The summed E-state index contributed by atoms with van der Waals surface area (Å²) in [6, 6.07) is 14.8. The number of halogens is 1. The SMILES string of the molecule is O=C(Nc1ccc(N2CCNC2=O)cc1)c1cc2ccc(Br)cc2[nH]1. The number of fused-ring (bicyclic) bond motifs is 1. The maximum absolute atomic E-state index is 12.4. The average molecular weight is 399 g/mol. The number of carbonyl (C=O) groups is 2. The van der Waals surface area contributed by atoms with Crippen LogP contribution in [-0.2, 0) is 0 Å². The van der Waals surface area contributed by atoms with Crippen molar-refractivity contribution in [2.45, 2.75) is 0 Å². The summed E-state index contributed by atoms with van der Waals surface area (Å²) in [6.07, 6.45) is 0. The first-order valence-electron chi connectivity index (χ1n) is 7.85. The Labute approximate surface area is 152 Å². The van der Waals surface area contributed by atoms with Crippen LogP contribution in [0.25, 0.3) is 10.9 Å². The minimum absolute atomic E-state index is 0.0963. The number of urea groups is 1. The van der Waals surface area contributed by atoms with Crippen LogP contribution in [0.5, 0.6) is 0 Å². The Kier molecular flexibility index (Phi) is 3.93. The fourth-order valence-corrected chi connectivity index (χ4v) is 3.22. The van der Waals surface area contributed by atoms with Crippen LogP contribution in [0.1, 0.15) is 10.5 Å². The molecule has 126 valence electrons. The Hall–Kier alpha value is -2.80. The Morgan fingerprint density at radius 1 is 1.12 bits per heavy atom. The molecule has 1 saturated heterocycles. The largest absolute Gasteiger partial charge is 0.350 e. The van der Waals surface area contributed by atoms with E-state index in [9.17, 15) is 9.59 Å². The third kappa shape index (κ3) is 3.10. The fourth-order valence-electron chi connectivity index (χ4n) is 2.86. The van der Waals surface area contributed by atoms with E-state index in [1.54, 1.807) is 17.0 Å². The smallest absolute Gasteiger partial charge is 0.321 e. The van der Waals surface area contributed by atoms with Crippen LogP contribution in [-0.4, -0.2) is 30.0 Å². The van der Waals surface area contributed by atoms with Crippen molar-refractivity contribution in [2.24, 2.45) is 0 Å². The van der Waals surface area contributed by atoms with Gasteiger partial charge in [-0.1, -0.05) is 22.0 Å². The van der Waals surface area contributed by atoms with Crippen LogP contribution >= 0.6 is 15.9 Å². The minimum atomic E-state index is -0.209. The van der Waals surface area contributed by atoms with E-state index in [4.69, 9.17) is 0 Å². The van der Waals surface area contributed by atoms with Crippen molar-refractivity contribution in [1.82, 2.24) is 10.3 Å². The number of anilines is 2. The zero-order valence-electron chi connectivity index (χ0n) is 13.2. The first-order chi connectivity index (χ1) is 12.1. The Balaban J connectivity index is 1.50. The summed E-state index contributed by atoms with van der Waals surface area (Å²) in [5, 5.41) is 6.60. The zero-order chi connectivity index (χ0) is 17.4. The van der Waals surface area contributed by atoms with Crippen molar-refractivity contribution in [3.8, 4) is 0 Å². The Morgan fingerprint density at radius 2 is 1.92 bits per heavy atom. The van der Waals surface area contributed by atoms with E-state index in [-0.39, 0.29) is 11.9 Å². The molecule has 0 aliphatic carbocycles. The Morgan fingerprint density at radius 3 is 2.64 bits per heavy atom. The summed E-state index contributed by atoms with van der Waals surface area (Å²) in [4.78, 5) is 28.9. The molecule has 7 heteroatoms. The van der Waals surface area contributed by atoms with Crippen molar-refractivity contribution < 1.29 is 9.59 Å². The second-order valence-electron chi connectivity index (χ2n) is 5.80. The van der Waals surface area contributed by atoms with Gasteiger partial charge in [0.1, 0.15) is 5.69 Å². The number of hydrogen-bond acceptors (Lipinski definition) is 2. The van der Waals surface area contributed by atoms with E-state index in [1.165, 1.54) is 0 Å². The molecule has 1 fully saturated rings. The average Bonchev–Trinajstić information content (AvgIpc) is 3.21. The molecule has 4 rings (SSSR count). The molecule has 0 unspecified atom stereocenters. The van der Waals surface area contributed by atoms with Crippen LogP contribution < -0.4 is 15.5 Å². The van der Waals surface area contributed by atoms with E-state index in [0.29, 0.717) is 24.5 Å². The van der Waals surface area contributed by atoms with Crippen LogP contribution in [0.15, 0.2) is 53.0 Å². The third-order valence-electron chi connectivity index (χ3n) is 4.12. The van der Waals surface area contributed by atoms with E-state index < -0.39 is 0 Å². The van der Waals surface area contributed by atoms with Gasteiger partial charge in [0.05, 0.1) is 0 Å². The number of hydrogen-bond donors (Lipinski definition) is 3. The van der Waals surface area contributed by atoms with Gasteiger partial charge in [-0.2, -0.15) is 0 Å². The molecule has 0 atom stereocenters. The highest BCUT2D eigenvalue weighted by Crippen LogP contribution is 2.22. The number of benzene rings is 2. The van der Waals surface area contributed by atoms with Crippen molar-refractivity contribution in [2.75, 3.05) is 23.3 Å². The van der Waals surface area contributed by atoms with Crippen molar-refractivity contribution in [1.29, 1.82) is 0 Å². The summed E-state index contributed by atoms with van der Waals surface area (Å²) >= 11 is 3.42. The van der Waals surface area contributed by atoms with Crippen LogP contribution in [0, 0.1) is 0 Å². The molecule has 3 aromatic rings. The Bertz CT molecular complexity index is 965. The molecule has 1 aliphatic heterocycles. The monoisotopic (exact) mass is 398 g/mol. The van der Waals surface area contributed by atoms with Gasteiger partial charge in [-0.15, -0.1) is 0 Å². The van der Waals surface area contributed by atoms with Crippen LogP contribution in [0.4, 0.5) is 16.2 Å². The zero-order valence-corrected chi connectivity index (χ0v) is 14.8. The highest BCUT2D eigenvalue weighted by Gasteiger charge is 2.20. The van der Waals surface area contributed by atoms with Crippen LogP contribution in [0.3, 0.4) is 0 Å². The fraction of sp³-hybridized carbons (Fsp3) is 0.111. The maximum atomic E-state index is 12.4. The van der Waals surface area contributed by atoms with Gasteiger partial charge in [0.25, 0.3) is 5.91 Å². The topological polar surface area (TPSA) is 77.2 Å². The van der Waals surface area contributed by atoms with Gasteiger partial charge in [0, 0.05) is 39.8 Å². The number of nitrogens with one attached hydrogen (secondary N) is 3. The predicted molar refractivity (Wildman–Crippen MR) is 101 cm³/mol. The van der Waals surface area contributed by atoms with Crippen molar-refractivity contribution in [3.63, 3.8) is 0 Å². The lowest BCUT2D eigenvalue weighted by Gasteiger charge is -2.14. The maximum Gasteiger partial charge on any atom is 0.321 e. The lowest BCUT2D eigenvalue weighted by Crippen LogP contribution is -2.27. The minimum Gasteiger partial charge on any atom is -0.350 e. The number of aromatic amines is 1. The summed E-state index contributed by atoms with van der Waals surface area (Å²) in [5.41, 5.74) is 2.88. The lowest BCUT2D eigenvalue weighted by atomic mass is 10.2. The molecule has 0 bridgehead atoms. The van der Waals surface area contributed by atoms with Gasteiger partial charge in [0.2, 0.25) is 0 Å². The molecule has 3 amide bonds. The number of rotatable bonds is 3. The molecule has 0 spiro atoms. The molecule has 2 heterocycles. The summed E-state index contributed by atoms with van der Waals surface area (Å²) in [5.74, 6) is -0.209.